The van der Waals surface area contributed by atoms with Gasteiger partial charge in [0.05, 0.1) is 16.6 Å². The minimum atomic E-state index is -3.71. The molecule has 1 unspecified atom stereocenters. The van der Waals surface area contributed by atoms with Crippen LogP contribution in [0.2, 0.25) is 0 Å². The molecule has 102 valence electrons. The molecule has 0 fully saturated rings. The molecule has 0 saturated heterocycles. The minimum absolute atomic E-state index is 0.0465. The van der Waals surface area contributed by atoms with Crippen molar-refractivity contribution in [2.24, 2.45) is 0 Å². The summed E-state index contributed by atoms with van der Waals surface area (Å²) in [5, 5.41) is 1.87. The molecule has 4 nitrogen and oxygen atoms in total. The van der Waals surface area contributed by atoms with E-state index in [1.165, 1.54) is 17.4 Å². The van der Waals surface area contributed by atoms with Crippen LogP contribution in [0.4, 0.5) is 10.1 Å². The van der Waals surface area contributed by atoms with E-state index in [2.05, 4.69) is 4.72 Å². The molecule has 1 atom stereocenters. The molecule has 1 aromatic heterocycles. The highest BCUT2D eigenvalue weighted by molar-refractivity contribution is 7.89. The summed E-state index contributed by atoms with van der Waals surface area (Å²) in [6.07, 6.45) is 0. The molecule has 0 spiro atoms. The Labute approximate surface area is 115 Å². The third-order valence-corrected chi connectivity index (χ3v) is 5.17. The molecule has 0 aliphatic rings. The molecule has 0 bridgehead atoms. The Balaban J connectivity index is 2.25. The fourth-order valence-electron chi connectivity index (χ4n) is 1.59. The molecular weight excluding hydrogens is 287 g/mol. The molecule has 0 aliphatic carbocycles. The molecule has 0 aliphatic heterocycles. The van der Waals surface area contributed by atoms with Gasteiger partial charge >= 0.3 is 0 Å². The van der Waals surface area contributed by atoms with E-state index >= 15 is 0 Å². The van der Waals surface area contributed by atoms with Crippen molar-refractivity contribution in [3.05, 3.63) is 46.4 Å². The topological polar surface area (TPSA) is 72.2 Å². The van der Waals surface area contributed by atoms with Crippen molar-refractivity contribution in [3.8, 4) is 0 Å². The highest BCUT2D eigenvalue weighted by atomic mass is 32.2. The molecule has 0 radical (unpaired) electrons. The normalized spacial score (nSPS) is 13.4. The van der Waals surface area contributed by atoms with Crippen molar-refractivity contribution in [1.29, 1.82) is 0 Å². The van der Waals surface area contributed by atoms with E-state index in [0.717, 1.165) is 17.0 Å². The van der Waals surface area contributed by atoms with Gasteiger partial charge in [-0.3, -0.25) is 0 Å². The zero-order valence-corrected chi connectivity index (χ0v) is 11.8. The van der Waals surface area contributed by atoms with E-state index in [1.807, 2.05) is 17.5 Å². The van der Waals surface area contributed by atoms with Gasteiger partial charge in [-0.15, -0.1) is 11.3 Å². The van der Waals surface area contributed by atoms with Gasteiger partial charge in [0, 0.05) is 4.88 Å². The lowest BCUT2D eigenvalue weighted by Gasteiger charge is -2.13. The number of rotatable bonds is 4. The number of nitrogen functional groups attached to an aromatic ring is 1. The number of thiophene rings is 1. The van der Waals surface area contributed by atoms with Gasteiger partial charge in [0.25, 0.3) is 0 Å². The predicted octanol–water partition coefficient (Wildman–Crippen LogP) is 2.51. The van der Waals surface area contributed by atoms with Crippen LogP contribution in [-0.4, -0.2) is 8.42 Å². The summed E-state index contributed by atoms with van der Waals surface area (Å²) < 4.78 is 39.8. The van der Waals surface area contributed by atoms with Gasteiger partial charge in [-0.05, 0) is 36.6 Å². The minimum Gasteiger partial charge on any atom is -0.396 e. The second-order valence-corrected chi connectivity index (χ2v) is 6.73. The number of anilines is 1. The lowest BCUT2D eigenvalue weighted by Crippen LogP contribution is -2.26. The monoisotopic (exact) mass is 300 g/mol. The Kier molecular flexibility index (Phi) is 3.88. The van der Waals surface area contributed by atoms with Crippen molar-refractivity contribution in [1.82, 2.24) is 4.72 Å². The number of sulfonamides is 1. The third-order valence-electron chi connectivity index (χ3n) is 2.58. The summed E-state index contributed by atoms with van der Waals surface area (Å²) in [6, 6.07) is 6.68. The van der Waals surface area contributed by atoms with Crippen LogP contribution in [0.15, 0.2) is 40.6 Å². The predicted molar refractivity (Wildman–Crippen MR) is 73.9 cm³/mol. The maximum atomic E-state index is 13.0. The van der Waals surface area contributed by atoms with Crippen LogP contribution >= 0.6 is 11.3 Å². The summed E-state index contributed by atoms with van der Waals surface area (Å²) in [7, 11) is -3.71. The van der Waals surface area contributed by atoms with Crippen LogP contribution in [0.3, 0.4) is 0 Å². The van der Waals surface area contributed by atoms with Gasteiger partial charge in [-0.2, -0.15) is 0 Å². The first kappa shape index (κ1) is 14.0. The number of halogens is 1. The van der Waals surface area contributed by atoms with Gasteiger partial charge in [0.1, 0.15) is 5.82 Å². The van der Waals surface area contributed by atoms with Crippen LogP contribution in [0.5, 0.6) is 0 Å². The molecular formula is C12H13FN2O2S2. The maximum absolute atomic E-state index is 13.0. The van der Waals surface area contributed by atoms with Crippen LogP contribution in [0.1, 0.15) is 17.8 Å². The summed E-state index contributed by atoms with van der Waals surface area (Å²) in [5.41, 5.74) is 5.19. The Bertz CT molecular complexity index is 669. The smallest absolute Gasteiger partial charge is 0.241 e. The fraction of sp³-hybridized carbons (Fsp3) is 0.167. The van der Waals surface area contributed by atoms with Crippen LogP contribution in [0.25, 0.3) is 0 Å². The van der Waals surface area contributed by atoms with E-state index in [9.17, 15) is 12.8 Å². The quantitative estimate of drug-likeness (QED) is 0.852. The number of hydrogen-bond donors (Lipinski definition) is 2. The average Bonchev–Trinajstić information content (AvgIpc) is 2.85. The van der Waals surface area contributed by atoms with Crippen molar-refractivity contribution < 1.29 is 12.8 Å². The van der Waals surface area contributed by atoms with Crippen LogP contribution < -0.4 is 10.5 Å². The average molecular weight is 300 g/mol. The Morgan fingerprint density at radius 1 is 1.37 bits per heavy atom. The zero-order chi connectivity index (χ0) is 14.0. The number of hydrogen-bond acceptors (Lipinski definition) is 4. The first-order valence-corrected chi connectivity index (χ1v) is 7.87. The lowest BCUT2D eigenvalue weighted by molar-refractivity contribution is 0.568. The Morgan fingerprint density at radius 3 is 2.68 bits per heavy atom. The first-order chi connectivity index (χ1) is 8.90. The summed E-state index contributed by atoms with van der Waals surface area (Å²) in [4.78, 5) is 0.855. The summed E-state index contributed by atoms with van der Waals surface area (Å²) in [6.45, 7) is 1.75. The molecule has 1 heterocycles. The van der Waals surface area contributed by atoms with Crippen molar-refractivity contribution in [2.45, 2.75) is 17.9 Å². The highest BCUT2D eigenvalue weighted by Gasteiger charge is 2.19. The Morgan fingerprint density at radius 2 is 2.11 bits per heavy atom. The number of benzene rings is 1. The number of nitrogens with two attached hydrogens (primary N) is 1. The van der Waals surface area contributed by atoms with E-state index in [-0.39, 0.29) is 16.6 Å². The van der Waals surface area contributed by atoms with Crippen LogP contribution in [0, 0.1) is 5.82 Å². The Hall–Kier alpha value is -1.44. The molecule has 19 heavy (non-hydrogen) atoms. The number of nitrogens with one attached hydrogen (secondary N) is 1. The second kappa shape index (κ2) is 5.28. The molecule has 0 saturated carbocycles. The van der Waals surface area contributed by atoms with Gasteiger partial charge in [-0.25, -0.2) is 17.5 Å². The molecule has 2 aromatic rings. The summed E-state index contributed by atoms with van der Waals surface area (Å²) in [5.74, 6) is -0.634. The molecule has 3 N–H and O–H groups in total. The third kappa shape index (κ3) is 3.12. The lowest BCUT2D eigenvalue weighted by atomic mass is 10.3. The van der Waals surface area contributed by atoms with Gasteiger partial charge in [0.2, 0.25) is 10.0 Å². The first-order valence-electron chi connectivity index (χ1n) is 5.51. The van der Waals surface area contributed by atoms with E-state index < -0.39 is 15.8 Å². The molecule has 7 heteroatoms. The standard InChI is InChI=1S/C12H13FN2O2S2/c1-8(12-3-2-6-18-12)15-19(16,17)9-4-5-10(13)11(14)7-9/h2-8,15H,14H2,1H3. The zero-order valence-electron chi connectivity index (χ0n) is 10.1. The van der Waals surface area contributed by atoms with E-state index in [0.29, 0.717) is 0 Å². The van der Waals surface area contributed by atoms with E-state index in [1.54, 1.807) is 6.92 Å². The second-order valence-electron chi connectivity index (χ2n) is 4.04. The van der Waals surface area contributed by atoms with Crippen molar-refractivity contribution >= 4 is 27.0 Å². The van der Waals surface area contributed by atoms with Gasteiger partial charge in [0.15, 0.2) is 0 Å². The highest BCUT2D eigenvalue weighted by Crippen LogP contribution is 2.22. The maximum Gasteiger partial charge on any atom is 0.241 e. The summed E-state index contributed by atoms with van der Waals surface area (Å²) >= 11 is 1.46. The van der Waals surface area contributed by atoms with Gasteiger partial charge in [-0.1, -0.05) is 6.07 Å². The largest absolute Gasteiger partial charge is 0.396 e. The molecule has 0 amide bonds. The van der Waals surface area contributed by atoms with Crippen molar-refractivity contribution in [2.75, 3.05) is 5.73 Å². The van der Waals surface area contributed by atoms with E-state index in [4.69, 9.17) is 5.73 Å². The SMILES string of the molecule is CC(NS(=O)(=O)c1ccc(F)c(N)c1)c1cccs1. The van der Waals surface area contributed by atoms with Crippen molar-refractivity contribution in [3.63, 3.8) is 0 Å². The fourth-order valence-corrected chi connectivity index (χ4v) is 3.65. The van der Waals surface area contributed by atoms with Gasteiger partial charge < -0.3 is 5.73 Å². The molecule has 2 rings (SSSR count). The van der Waals surface area contributed by atoms with Crippen LogP contribution in [-0.2, 0) is 10.0 Å². The molecule has 1 aromatic carbocycles.